The van der Waals surface area contributed by atoms with Gasteiger partial charge < -0.3 is 19.7 Å². The molecule has 0 aromatic heterocycles. The number of aldehydes is 1. The van der Waals surface area contributed by atoms with Crippen LogP contribution in [-0.4, -0.2) is 37.0 Å². The van der Waals surface area contributed by atoms with Gasteiger partial charge in [-0.1, -0.05) is 24.3 Å². The molecule has 1 unspecified atom stereocenters. The molecule has 22 heavy (non-hydrogen) atoms. The first-order chi connectivity index (χ1) is 10.1. The average Bonchev–Trinajstić information content (AvgIpc) is 2.35. The summed E-state index contributed by atoms with van der Waals surface area (Å²) in [5, 5.41) is 2.65. The third-order valence-corrected chi connectivity index (χ3v) is 3.02. The molecule has 5 nitrogen and oxygen atoms in total. The number of nitrogens with one attached hydrogen (secondary N) is 1. The molecular formula is C17H26N2O3. The standard InChI is InChI=1S/C17H26N2O3/c1-16(2,3)22-15(21)18-17(4,12-20)14-9-7-8-13(10-14)11-19(5)6/h7-10,12H,11H2,1-6H3,(H,18,21). The quantitative estimate of drug-likeness (QED) is 0.850. The molecular weight excluding hydrogens is 280 g/mol. The molecule has 1 amide bonds. The Kier molecular flexibility index (Phi) is 5.72. The molecule has 0 saturated carbocycles. The van der Waals surface area contributed by atoms with E-state index in [1.165, 1.54) is 0 Å². The van der Waals surface area contributed by atoms with Crippen LogP contribution in [0.5, 0.6) is 0 Å². The van der Waals surface area contributed by atoms with Crippen molar-refractivity contribution in [2.24, 2.45) is 0 Å². The van der Waals surface area contributed by atoms with E-state index in [9.17, 15) is 9.59 Å². The molecule has 0 spiro atoms. The highest BCUT2D eigenvalue weighted by Gasteiger charge is 2.30. The summed E-state index contributed by atoms with van der Waals surface area (Å²) in [4.78, 5) is 25.6. The topological polar surface area (TPSA) is 58.6 Å². The van der Waals surface area contributed by atoms with Gasteiger partial charge in [-0.3, -0.25) is 0 Å². The number of hydrogen-bond acceptors (Lipinski definition) is 4. The van der Waals surface area contributed by atoms with E-state index in [2.05, 4.69) is 5.32 Å². The van der Waals surface area contributed by atoms with Gasteiger partial charge in [-0.05, 0) is 52.9 Å². The number of hydrogen-bond donors (Lipinski definition) is 1. The molecule has 1 rings (SSSR count). The molecule has 1 aromatic carbocycles. The van der Waals surface area contributed by atoms with E-state index in [0.29, 0.717) is 0 Å². The number of amides is 1. The third kappa shape index (κ3) is 5.48. The van der Waals surface area contributed by atoms with Crippen LogP contribution in [0.1, 0.15) is 38.8 Å². The second-order valence-corrected chi connectivity index (χ2v) is 6.89. The lowest BCUT2D eigenvalue weighted by Crippen LogP contribution is -2.47. The summed E-state index contributed by atoms with van der Waals surface area (Å²) in [5.74, 6) is 0. The van der Waals surface area contributed by atoms with E-state index < -0.39 is 17.2 Å². The van der Waals surface area contributed by atoms with Crippen molar-refractivity contribution in [3.63, 3.8) is 0 Å². The Bertz CT molecular complexity index is 535. The van der Waals surface area contributed by atoms with Crippen molar-refractivity contribution in [1.29, 1.82) is 0 Å². The maximum absolute atomic E-state index is 12.0. The fraction of sp³-hybridized carbons (Fsp3) is 0.529. The van der Waals surface area contributed by atoms with Crippen LogP contribution in [0.15, 0.2) is 24.3 Å². The summed E-state index contributed by atoms with van der Waals surface area (Å²) >= 11 is 0. The van der Waals surface area contributed by atoms with Crippen LogP contribution in [0.25, 0.3) is 0 Å². The number of ether oxygens (including phenoxy) is 1. The fourth-order valence-corrected chi connectivity index (χ4v) is 2.04. The number of benzene rings is 1. The predicted octanol–water partition coefficient (Wildman–Crippen LogP) is 2.69. The molecule has 1 aromatic rings. The Hall–Kier alpha value is -1.88. The minimum Gasteiger partial charge on any atom is -0.444 e. The highest BCUT2D eigenvalue weighted by Crippen LogP contribution is 2.21. The Morgan fingerprint density at radius 3 is 2.41 bits per heavy atom. The molecule has 122 valence electrons. The summed E-state index contributed by atoms with van der Waals surface area (Å²) in [6, 6.07) is 7.62. The van der Waals surface area contributed by atoms with Gasteiger partial charge in [0.15, 0.2) is 0 Å². The van der Waals surface area contributed by atoms with Crippen molar-refractivity contribution in [2.75, 3.05) is 14.1 Å². The van der Waals surface area contributed by atoms with E-state index in [1.54, 1.807) is 27.7 Å². The van der Waals surface area contributed by atoms with Crippen molar-refractivity contribution in [2.45, 2.75) is 45.4 Å². The number of nitrogens with zero attached hydrogens (tertiary/aromatic N) is 1. The Morgan fingerprint density at radius 1 is 1.27 bits per heavy atom. The van der Waals surface area contributed by atoms with Crippen molar-refractivity contribution < 1.29 is 14.3 Å². The van der Waals surface area contributed by atoms with E-state index in [1.807, 2.05) is 43.3 Å². The van der Waals surface area contributed by atoms with Crippen LogP contribution < -0.4 is 5.32 Å². The van der Waals surface area contributed by atoms with Crippen molar-refractivity contribution >= 4 is 12.4 Å². The number of rotatable bonds is 5. The third-order valence-electron chi connectivity index (χ3n) is 3.02. The molecule has 5 heteroatoms. The minimum atomic E-state index is -1.12. The van der Waals surface area contributed by atoms with Crippen LogP contribution in [0.2, 0.25) is 0 Å². The molecule has 0 saturated heterocycles. The molecule has 0 heterocycles. The van der Waals surface area contributed by atoms with Gasteiger partial charge in [-0.2, -0.15) is 0 Å². The van der Waals surface area contributed by atoms with Crippen molar-refractivity contribution in [3.8, 4) is 0 Å². The SMILES string of the molecule is CN(C)Cc1cccc(C(C)(C=O)NC(=O)OC(C)(C)C)c1. The smallest absolute Gasteiger partial charge is 0.408 e. The van der Waals surface area contributed by atoms with Gasteiger partial charge in [0.1, 0.15) is 17.4 Å². The number of carbonyl (C=O) groups is 2. The van der Waals surface area contributed by atoms with E-state index in [4.69, 9.17) is 4.74 Å². The second kappa shape index (κ2) is 6.92. The summed E-state index contributed by atoms with van der Waals surface area (Å²) < 4.78 is 5.23. The van der Waals surface area contributed by atoms with Gasteiger partial charge in [0.05, 0.1) is 0 Å². The number of alkyl carbamates (subject to hydrolysis) is 1. The Balaban J connectivity index is 2.98. The first kappa shape index (κ1) is 18.2. The largest absolute Gasteiger partial charge is 0.444 e. The maximum Gasteiger partial charge on any atom is 0.408 e. The second-order valence-electron chi connectivity index (χ2n) is 6.89. The van der Waals surface area contributed by atoms with Gasteiger partial charge in [-0.15, -0.1) is 0 Å². The molecule has 0 aliphatic rings. The summed E-state index contributed by atoms with van der Waals surface area (Å²) in [6.07, 6.45) is 0.117. The first-order valence-corrected chi connectivity index (χ1v) is 7.27. The van der Waals surface area contributed by atoms with Gasteiger partial charge in [-0.25, -0.2) is 4.79 Å². The summed E-state index contributed by atoms with van der Waals surface area (Å²) in [6.45, 7) is 7.77. The van der Waals surface area contributed by atoms with Crippen LogP contribution in [0, 0.1) is 0 Å². The van der Waals surface area contributed by atoms with Gasteiger partial charge >= 0.3 is 6.09 Å². The zero-order valence-corrected chi connectivity index (χ0v) is 14.3. The van der Waals surface area contributed by atoms with Crippen LogP contribution >= 0.6 is 0 Å². The average molecular weight is 306 g/mol. The predicted molar refractivity (Wildman–Crippen MR) is 86.6 cm³/mol. The fourth-order valence-electron chi connectivity index (χ4n) is 2.04. The molecule has 0 aliphatic carbocycles. The zero-order chi connectivity index (χ0) is 17.0. The lowest BCUT2D eigenvalue weighted by Gasteiger charge is -2.28. The lowest BCUT2D eigenvalue weighted by atomic mass is 9.92. The molecule has 0 fully saturated rings. The maximum atomic E-state index is 12.0. The molecule has 1 atom stereocenters. The van der Waals surface area contributed by atoms with Crippen LogP contribution in [0.4, 0.5) is 4.79 Å². The van der Waals surface area contributed by atoms with E-state index >= 15 is 0 Å². The molecule has 0 aliphatic heterocycles. The zero-order valence-electron chi connectivity index (χ0n) is 14.3. The normalized spacial score (nSPS) is 14.3. The highest BCUT2D eigenvalue weighted by atomic mass is 16.6. The first-order valence-electron chi connectivity index (χ1n) is 7.27. The molecule has 1 N–H and O–H groups in total. The number of carbonyl (C=O) groups excluding carboxylic acids is 2. The van der Waals surface area contributed by atoms with Gasteiger partial charge in [0.25, 0.3) is 0 Å². The van der Waals surface area contributed by atoms with Crippen molar-refractivity contribution in [3.05, 3.63) is 35.4 Å². The Labute approximate surface area is 132 Å². The highest BCUT2D eigenvalue weighted by molar-refractivity contribution is 5.78. The van der Waals surface area contributed by atoms with Gasteiger partial charge in [0.2, 0.25) is 0 Å². The molecule has 0 radical (unpaired) electrons. The lowest BCUT2D eigenvalue weighted by molar-refractivity contribution is -0.113. The van der Waals surface area contributed by atoms with Crippen molar-refractivity contribution in [1.82, 2.24) is 10.2 Å². The molecule has 0 bridgehead atoms. The monoisotopic (exact) mass is 306 g/mol. The van der Waals surface area contributed by atoms with Crippen LogP contribution in [0.3, 0.4) is 0 Å². The minimum absolute atomic E-state index is 0.610. The van der Waals surface area contributed by atoms with Crippen LogP contribution in [-0.2, 0) is 21.6 Å². The summed E-state index contributed by atoms with van der Waals surface area (Å²) in [7, 11) is 3.95. The Morgan fingerprint density at radius 2 is 1.91 bits per heavy atom. The summed E-state index contributed by atoms with van der Waals surface area (Å²) in [5.41, 5.74) is 0.0694. The van der Waals surface area contributed by atoms with E-state index in [0.717, 1.165) is 24.0 Å². The van der Waals surface area contributed by atoms with E-state index in [-0.39, 0.29) is 0 Å². The van der Waals surface area contributed by atoms with Gasteiger partial charge in [0, 0.05) is 6.54 Å².